The van der Waals surface area contributed by atoms with Crippen LogP contribution in [0, 0.1) is 0 Å². The highest BCUT2D eigenvalue weighted by Crippen LogP contribution is 1.78. The monoisotopic (exact) mass is 291 g/mol. The van der Waals surface area contributed by atoms with Gasteiger partial charge in [0.05, 0.1) is 0 Å². The molecule has 4 N–H and O–H groups in total. The number of amides is 2. The van der Waals surface area contributed by atoms with Crippen molar-refractivity contribution in [3.63, 3.8) is 0 Å². The largest absolute Gasteiger partial charge is 0.366 e. The molecule has 90 valence electrons. The Kier molecular flexibility index (Phi) is 5.08. The lowest BCUT2D eigenvalue weighted by Gasteiger charge is -1.96. The zero-order valence-electron chi connectivity index (χ0n) is 7.26. The highest BCUT2D eigenvalue weighted by Gasteiger charge is 2.10. The van der Waals surface area contributed by atoms with Crippen LogP contribution in [0.5, 0.6) is 0 Å². The van der Waals surface area contributed by atoms with Gasteiger partial charge in [0, 0.05) is 35.3 Å². The summed E-state index contributed by atoms with van der Waals surface area (Å²) in [5.74, 6) is 0. The smallest absolute Gasteiger partial charge is 0.352 e. The topological polar surface area (TPSA) is 135 Å². The van der Waals surface area contributed by atoms with Crippen LogP contribution in [0.2, 0.25) is 0 Å². The van der Waals surface area contributed by atoms with Gasteiger partial charge in [0.1, 0.15) is 0 Å². The minimum atomic E-state index is -1.16. The van der Waals surface area contributed by atoms with E-state index in [4.69, 9.17) is 40.1 Å². The summed E-state index contributed by atoms with van der Waals surface area (Å²) in [5.41, 5.74) is 5.01. The molecule has 0 saturated carbocycles. The molecule has 0 bridgehead atoms. The normalized spacial score (nSPS) is 9.19. The van der Waals surface area contributed by atoms with Gasteiger partial charge in [0.2, 0.25) is 0 Å². The minimum absolute atomic E-state index is 0.0847. The fourth-order valence-corrected chi connectivity index (χ4v) is 1.05. The number of urea groups is 1. The maximum atomic E-state index is 10.8. The van der Waals surface area contributed by atoms with E-state index in [-0.39, 0.29) is 12.3 Å². The van der Waals surface area contributed by atoms with Gasteiger partial charge in [-0.1, -0.05) is 0 Å². The van der Waals surface area contributed by atoms with Gasteiger partial charge in [-0.05, 0) is 0 Å². The molecule has 1 aromatic heterocycles. The van der Waals surface area contributed by atoms with E-state index in [9.17, 15) is 14.4 Å². The van der Waals surface area contributed by atoms with Crippen LogP contribution in [-0.2, 0) is 0 Å². The minimum Gasteiger partial charge on any atom is -0.352 e. The van der Waals surface area contributed by atoms with E-state index in [1.165, 1.54) is 0 Å². The van der Waals surface area contributed by atoms with Crippen molar-refractivity contribution >= 4 is 41.4 Å². The molecule has 0 aliphatic rings. The first-order valence-electron chi connectivity index (χ1n) is 3.24. The van der Waals surface area contributed by atoms with E-state index in [1.807, 2.05) is 0 Å². The second-order valence-corrected chi connectivity index (χ2v) is 3.11. The fraction of sp³-hybridized carbons (Fsp3) is 0. The first kappa shape index (κ1) is 14.6. The number of halogens is 3. The van der Waals surface area contributed by atoms with Gasteiger partial charge in [-0.25, -0.2) is 19.2 Å². The van der Waals surface area contributed by atoms with Gasteiger partial charge < -0.3 is 11.5 Å². The molecular weight excluding hydrogens is 288 g/mol. The maximum Gasteiger partial charge on any atom is 0.366 e. The van der Waals surface area contributed by atoms with E-state index >= 15 is 0 Å². The van der Waals surface area contributed by atoms with E-state index in [0.717, 1.165) is 0 Å². The van der Waals surface area contributed by atoms with Crippen molar-refractivity contribution in [2.45, 2.75) is 0 Å². The summed E-state index contributed by atoms with van der Waals surface area (Å²) in [6.45, 7) is 0. The summed E-state index contributed by atoms with van der Waals surface area (Å²) < 4.78 is 0.254. The summed E-state index contributed by atoms with van der Waals surface area (Å²) in [5, 5.41) is 0. The van der Waals surface area contributed by atoms with Crippen LogP contribution in [0.25, 0.3) is 0 Å². The predicted molar refractivity (Wildman–Crippen MR) is 56.7 cm³/mol. The Morgan fingerprint density at radius 2 is 0.938 bits per heavy atom. The molecule has 0 unspecified atom stereocenters. The number of primary amides is 2. The number of hydrogen-bond donors (Lipinski definition) is 2. The van der Waals surface area contributed by atoms with Crippen LogP contribution in [0.15, 0.2) is 14.4 Å². The molecule has 0 radical (unpaired) electrons. The first-order chi connectivity index (χ1) is 7.20. The molecule has 0 spiro atoms. The molecule has 12 heteroatoms. The summed E-state index contributed by atoms with van der Waals surface area (Å²) in [4.78, 5) is 41.3. The Morgan fingerprint density at radius 3 is 1.06 bits per heavy atom. The molecule has 0 fully saturated rings. The van der Waals surface area contributed by atoms with Crippen molar-refractivity contribution in [2.75, 3.05) is 0 Å². The number of aromatic nitrogens is 3. The average molecular weight is 292 g/mol. The Bertz CT molecular complexity index is 465. The maximum absolute atomic E-state index is 10.8. The van der Waals surface area contributed by atoms with E-state index < -0.39 is 23.1 Å². The third-order valence-corrected chi connectivity index (χ3v) is 1.88. The van der Waals surface area contributed by atoms with Crippen LogP contribution < -0.4 is 28.5 Å². The standard InChI is InChI=1S/C3Cl3N3O3.CH4N2O/c4-7-1(10)8(5)3(12)9(6)2(7)11;2-1(3)4/h;(H4,2,3,4). The third-order valence-electron chi connectivity index (χ3n) is 1.01. The lowest BCUT2D eigenvalue weighted by atomic mass is 11.0. The van der Waals surface area contributed by atoms with E-state index in [2.05, 4.69) is 11.5 Å². The molecule has 0 saturated heterocycles. The van der Waals surface area contributed by atoms with Gasteiger partial charge in [-0.2, -0.15) is 0 Å². The molecule has 0 aromatic carbocycles. The Balaban J connectivity index is 0.000000487. The van der Waals surface area contributed by atoms with E-state index in [0.29, 0.717) is 0 Å². The van der Waals surface area contributed by atoms with Crippen molar-refractivity contribution in [2.24, 2.45) is 11.5 Å². The molecule has 1 aromatic rings. The quantitative estimate of drug-likeness (QED) is 0.583. The highest BCUT2D eigenvalue weighted by molar-refractivity contribution is 6.19. The number of carbonyl (C=O) groups is 1. The molecule has 1 rings (SSSR count). The summed E-state index contributed by atoms with van der Waals surface area (Å²) >= 11 is 15.3. The first-order valence-corrected chi connectivity index (χ1v) is 4.26. The van der Waals surface area contributed by atoms with Crippen molar-refractivity contribution in [1.82, 2.24) is 12.3 Å². The second-order valence-electron chi connectivity index (χ2n) is 2.09. The van der Waals surface area contributed by atoms with Crippen LogP contribution in [0.3, 0.4) is 0 Å². The van der Waals surface area contributed by atoms with E-state index in [1.54, 1.807) is 0 Å². The summed E-state index contributed by atoms with van der Waals surface area (Å²) in [6, 6.07) is -0.833. The molecule has 1 heterocycles. The molecule has 9 nitrogen and oxygen atoms in total. The molecule has 0 aliphatic carbocycles. The number of nitrogens with two attached hydrogens (primary N) is 2. The predicted octanol–water partition coefficient (Wildman–Crippen LogP) is -1.80. The fourth-order valence-electron chi connectivity index (χ4n) is 0.477. The number of hydrogen-bond acceptors (Lipinski definition) is 4. The third kappa shape index (κ3) is 3.29. The summed E-state index contributed by atoms with van der Waals surface area (Å²) in [6.07, 6.45) is 0. The molecule has 0 aliphatic heterocycles. The molecular formula is C4H4Cl3N5O4. The number of rotatable bonds is 0. The van der Waals surface area contributed by atoms with Crippen molar-refractivity contribution in [3.05, 3.63) is 31.5 Å². The lowest BCUT2D eigenvalue weighted by molar-refractivity contribution is 0.256. The van der Waals surface area contributed by atoms with Crippen LogP contribution in [0.1, 0.15) is 0 Å². The van der Waals surface area contributed by atoms with Gasteiger partial charge in [-0.3, -0.25) is 0 Å². The van der Waals surface area contributed by atoms with Gasteiger partial charge in [0.15, 0.2) is 0 Å². The number of nitrogens with zero attached hydrogens (tertiary/aromatic N) is 3. The van der Waals surface area contributed by atoms with Crippen LogP contribution >= 0.6 is 35.3 Å². The van der Waals surface area contributed by atoms with Crippen LogP contribution in [0.4, 0.5) is 4.79 Å². The van der Waals surface area contributed by atoms with Gasteiger partial charge >= 0.3 is 23.1 Å². The zero-order valence-corrected chi connectivity index (χ0v) is 9.53. The zero-order chi connectivity index (χ0) is 13.0. The average Bonchev–Trinajstić information content (AvgIpc) is 2.20. The Labute approximate surface area is 102 Å². The van der Waals surface area contributed by atoms with Crippen LogP contribution in [-0.4, -0.2) is 18.3 Å². The lowest BCUT2D eigenvalue weighted by Crippen LogP contribution is -2.47. The molecule has 16 heavy (non-hydrogen) atoms. The van der Waals surface area contributed by atoms with Crippen molar-refractivity contribution in [1.29, 1.82) is 0 Å². The number of carbonyl (C=O) groups excluding carboxylic acids is 1. The van der Waals surface area contributed by atoms with Crippen molar-refractivity contribution < 1.29 is 4.79 Å². The highest BCUT2D eigenvalue weighted by atomic mass is 35.5. The SMILES string of the molecule is NC(N)=O.O=c1n(Cl)c(=O)n(Cl)c(=O)n1Cl. The summed E-state index contributed by atoms with van der Waals surface area (Å²) in [7, 11) is 0. The second kappa shape index (κ2) is 5.58. The van der Waals surface area contributed by atoms with Gasteiger partial charge in [0.25, 0.3) is 0 Å². The molecule has 0 atom stereocenters. The van der Waals surface area contributed by atoms with Crippen molar-refractivity contribution in [3.8, 4) is 0 Å². The molecule has 2 amide bonds. The van der Waals surface area contributed by atoms with Gasteiger partial charge in [-0.15, -0.1) is 12.3 Å². The Hall–Kier alpha value is -1.45. The Morgan fingerprint density at radius 1 is 0.812 bits per heavy atom.